The third kappa shape index (κ3) is 3.77. The van der Waals surface area contributed by atoms with Crippen LogP contribution in [0.15, 0.2) is 49.8 Å². The molecule has 2 aromatic carbocycles. The molecule has 0 bridgehead atoms. The summed E-state index contributed by atoms with van der Waals surface area (Å²) >= 11 is 10.6. The van der Waals surface area contributed by atoms with Gasteiger partial charge in [-0.2, -0.15) is 0 Å². The monoisotopic (exact) mass is 461 g/mol. The van der Waals surface area contributed by atoms with Crippen molar-refractivity contribution in [1.82, 2.24) is 0 Å². The molecule has 0 fully saturated rings. The molecule has 0 amide bonds. The predicted octanol–water partition coefficient (Wildman–Crippen LogP) is 6.16. The number of hydrogen-bond donors (Lipinski definition) is 1. The summed E-state index contributed by atoms with van der Waals surface area (Å²) in [5, 5.41) is 3.50. The van der Waals surface area contributed by atoms with Crippen LogP contribution in [0.3, 0.4) is 0 Å². The molecule has 0 spiro atoms. The van der Waals surface area contributed by atoms with Crippen LogP contribution in [-0.2, 0) is 0 Å². The third-order valence-corrected chi connectivity index (χ3v) is 4.69. The number of anilines is 1. The normalized spacial score (nSPS) is 12.1. The molecule has 1 N–H and O–H groups in total. The van der Waals surface area contributed by atoms with Crippen molar-refractivity contribution in [2.75, 3.05) is 12.4 Å². The fraction of sp³-hybridized carbons (Fsp3) is 0.200. The van der Waals surface area contributed by atoms with Crippen molar-refractivity contribution in [3.05, 3.63) is 55.4 Å². The summed E-state index contributed by atoms with van der Waals surface area (Å²) in [6.45, 7) is 2.13. The highest BCUT2D eigenvalue weighted by Gasteiger charge is 2.11. The molecule has 1 unspecified atom stereocenters. The van der Waals surface area contributed by atoms with E-state index in [9.17, 15) is 0 Å². The Labute approximate surface area is 144 Å². The fourth-order valence-electron chi connectivity index (χ4n) is 1.87. The van der Waals surface area contributed by atoms with Gasteiger partial charge in [-0.15, -0.1) is 0 Å². The summed E-state index contributed by atoms with van der Waals surface area (Å²) in [5.41, 5.74) is 2.24. The van der Waals surface area contributed by atoms with Crippen molar-refractivity contribution in [3.8, 4) is 5.75 Å². The van der Waals surface area contributed by atoms with Gasteiger partial charge in [0.15, 0.2) is 0 Å². The van der Waals surface area contributed by atoms with E-state index < -0.39 is 0 Å². The standard InChI is InChI=1S/C15H14Br3NO/c1-9(10-3-5-12(20-2)6-4-10)19-15-13(17)7-11(16)8-14(15)18/h3-9,19H,1-2H3. The first-order valence-electron chi connectivity index (χ1n) is 6.06. The van der Waals surface area contributed by atoms with E-state index in [1.54, 1.807) is 7.11 Å². The van der Waals surface area contributed by atoms with Gasteiger partial charge in [-0.05, 0) is 68.6 Å². The molecule has 0 saturated carbocycles. The molecule has 5 heteroatoms. The van der Waals surface area contributed by atoms with Gasteiger partial charge in [0, 0.05) is 19.5 Å². The summed E-state index contributed by atoms with van der Waals surface area (Å²) in [5.74, 6) is 0.868. The van der Waals surface area contributed by atoms with Gasteiger partial charge in [0.05, 0.1) is 12.8 Å². The maximum Gasteiger partial charge on any atom is 0.118 e. The van der Waals surface area contributed by atoms with Crippen LogP contribution in [0, 0.1) is 0 Å². The van der Waals surface area contributed by atoms with E-state index >= 15 is 0 Å². The van der Waals surface area contributed by atoms with Crippen molar-refractivity contribution in [2.45, 2.75) is 13.0 Å². The van der Waals surface area contributed by atoms with Crippen LogP contribution in [0.2, 0.25) is 0 Å². The molecule has 2 rings (SSSR count). The maximum atomic E-state index is 5.18. The number of hydrogen-bond acceptors (Lipinski definition) is 2. The second-order valence-corrected chi connectivity index (χ2v) is 7.01. The SMILES string of the molecule is COc1ccc(C(C)Nc2c(Br)cc(Br)cc2Br)cc1. The molecular weight excluding hydrogens is 450 g/mol. The average Bonchev–Trinajstić information content (AvgIpc) is 2.42. The molecule has 20 heavy (non-hydrogen) atoms. The molecule has 0 heterocycles. The van der Waals surface area contributed by atoms with Crippen molar-refractivity contribution < 1.29 is 4.74 Å². The lowest BCUT2D eigenvalue weighted by molar-refractivity contribution is 0.414. The number of nitrogens with one attached hydrogen (secondary N) is 1. The average molecular weight is 464 g/mol. The molecule has 1 atom stereocenters. The number of benzene rings is 2. The van der Waals surface area contributed by atoms with Crippen LogP contribution in [0.1, 0.15) is 18.5 Å². The molecule has 0 aliphatic rings. The second-order valence-electron chi connectivity index (χ2n) is 4.38. The van der Waals surface area contributed by atoms with Crippen LogP contribution in [-0.4, -0.2) is 7.11 Å². The highest BCUT2D eigenvalue weighted by atomic mass is 79.9. The van der Waals surface area contributed by atoms with Gasteiger partial charge in [0.1, 0.15) is 5.75 Å². The summed E-state index contributed by atoms with van der Waals surface area (Å²) in [6.07, 6.45) is 0. The third-order valence-electron chi connectivity index (χ3n) is 2.98. The number of halogens is 3. The predicted molar refractivity (Wildman–Crippen MR) is 94.6 cm³/mol. The highest BCUT2D eigenvalue weighted by Crippen LogP contribution is 2.36. The summed E-state index contributed by atoms with van der Waals surface area (Å²) in [6, 6.07) is 12.3. The molecular formula is C15H14Br3NO. The van der Waals surface area contributed by atoms with Crippen molar-refractivity contribution in [2.24, 2.45) is 0 Å². The van der Waals surface area contributed by atoms with Gasteiger partial charge in [-0.3, -0.25) is 0 Å². The van der Waals surface area contributed by atoms with Crippen LogP contribution in [0.5, 0.6) is 5.75 Å². The first-order valence-corrected chi connectivity index (χ1v) is 8.44. The van der Waals surface area contributed by atoms with Crippen LogP contribution in [0.4, 0.5) is 5.69 Å². The van der Waals surface area contributed by atoms with Crippen LogP contribution in [0.25, 0.3) is 0 Å². The molecule has 0 aliphatic carbocycles. The Morgan fingerprint density at radius 1 is 1.00 bits per heavy atom. The lowest BCUT2D eigenvalue weighted by Crippen LogP contribution is -2.07. The topological polar surface area (TPSA) is 21.3 Å². The smallest absolute Gasteiger partial charge is 0.118 e. The zero-order chi connectivity index (χ0) is 14.7. The largest absolute Gasteiger partial charge is 0.497 e. The second kappa shape index (κ2) is 6.96. The van der Waals surface area contributed by atoms with E-state index in [0.717, 1.165) is 24.9 Å². The molecule has 0 aromatic heterocycles. The molecule has 106 valence electrons. The first kappa shape index (κ1) is 15.9. The molecule has 0 aliphatic heterocycles. The van der Waals surface area contributed by atoms with Crippen LogP contribution < -0.4 is 10.1 Å². The Balaban J connectivity index is 2.20. The van der Waals surface area contributed by atoms with Gasteiger partial charge in [0.25, 0.3) is 0 Å². The Bertz CT molecular complexity index is 576. The lowest BCUT2D eigenvalue weighted by atomic mass is 10.1. The van der Waals surface area contributed by atoms with E-state index in [-0.39, 0.29) is 6.04 Å². The zero-order valence-corrected chi connectivity index (χ0v) is 15.8. The van der Waals surface area contributed by atoms with Gasteiger partial charge in [-0.25, -0.2) is 0 Å². The number of ether oxygens (including phenoxy) is 1. The highest BCUT2D eigenvalue weighted by molar-refractivity contribution is 9.11. The van der Waals surface area contributed by atoms with Gasteiger partial charge < -0.3 is 10.1 Å². The van der Waals surface area contributed by atoms with E-state index in [1.165, 1.54) is 5.56 Å². The Kier molecular flexibility index (Phi) is 5.52. The molecule has 2 aromatic rings. The van der Waals surface area contributed by atoms with E-state index in [0.29, 0.717) is 0 Å². The molecule has 0 saturated heterocycles. The summed E-state index contributed by atoms with van der Waals surface area (Å²) in [7, 11) is 1.67. The Morgan fingerprint density at radius 2 is 1.55 bits per heavy atom. The van der Waals surface area contributed by atoms with Crippen molar-refractivity contribution in [3.63, 3.8) is 0 Å². The van der Waals surface area contributed by atoms with Gasteiger partial charge in [-0.1, -0.05) is 28.1 Å². The van der Waals surface area contributed by atoms with Gasteiger partial charge in [0.2, 0.25) is 0 Å². The number of rotatable bonds is 4. The molecule has 0 radical (unpaired) electrons. The lowest BCUT2D eigenvalue weighted by Gasteiger charge is -2.18. The summed E-state index contributed by atoms with van der Waals surface area (Å²) in [4.78, 5) is 0. The summed E-state index contributed by atoms with van der Waals surface area (Å²) < 4.78 is 8.23. The Hall–Kier alpha value is -0.520. The maximum absolute atomic E-state index is 5.18. The van der Waals surface area contributed by atoms with Crippen LogP contribution >= 0.6 is 47.8 Å². The number of methoxy groups -OCH3 is 1. The fourth-order valence-corrected chi connectivity index (χ4v) is 4.36. The van der Waals surface area contributed by atoms with Crippen molar-refractivity contribution >= 4 is 53.5 Å². The Morgan fingerprint density at radius 3 is 2.05 bits per heavy atom. The molecule has 2 nitrogen and oxygen atoms in total. The van der Waals surface area contributed by atoms with E-state index in [2.05, 4.69) is 72.2 Å². The quantitative estimate of drug-likeness (QED) is 0.586. The van der Waals surface area contributed by atoms with E-state index in [4.69, 9.17) is 4.74 Å². The minimum atomic E-state index is 0.190. The van der Waals surface area contributed by atoms with Crippen molar-refractivity contribution in [1.29, 1.82) is 0 Å². The zero-order valence-electron chi connectivity index (χ0n) is 11.1. The van der Waals surface area contributed by atoms with Gasteiger partial charge >= 0.3 is 0 Å². The minimum absolute atomic E-state index is 0.190. The van der Waals surface area contributed by atoms with E-state index in [1.807, 2.05) is 24.3 Å². The first-order chi connectivity index (χ1) is 9.51. The minimum Gasteiger partial charge on any atom is -0.497 e.